The first-order valence-electron chi connectivity index (χ1n) is 9.66. The number of carbonyl (C=O) groups excluding carboxylic acids is 1. The number of nitrogens with one attached hydrogen (secondary N) is 1. The summed E-state index contributed by atoms with van der Waals surface area (Å²) in [6.45, 7) is 11.6. The number of hydrogen-bond acceptors (Lipinski definition) is 5. The first-order valence-corrected chi connectivity index (χ1v) is 9.66. The van der Waals surface area contributed by atoms with Crippen LogP contribution < -0.4 is 21.1 Å². The third kappa shape index (κ3) is 4.29. The highest BCUT2D eigenvalue weighted by Crippen LogP contribution is 2.34. The molecule has 1 N–H and O–H groups in total. The van der Waals surface area contributed by atoms with Crippen LogP contribution in [0, 0.1) is 16.7 Å². The Morgan fingerprint density at radius 3 is 2.45 bits per heavy atom. The summed E-state index contributed by atoms with van der Waals surface area (Å²) in [6.07, 6.45) is 3.49. The van der Waals surface area contributed by atoms with Gasteiger partial charge in [-0.25, -0.2) is 0 Å². The highest BCUT2D eigenvalue weighted by atomic mass is 16.2. The molecule has 6 heteroatoms. The zero-order valence-corrected chi connectivity index (χ0v) is 17.8. The van der Waals surface area contributed by atoms with Crippen molar-refractivity contribution in [3.8, 4) is 6.07 Å². The number of nitriles is 1. The normalized spacial score (nSPS) is 12.7. The van der Waals surface area contributed by atoms with Crippen molar-refractivity contribution in [2.24, 2.45) is 5.41 Å². The van der Waals surface area contributed by atoms with E-state index in [4.69, 9.17) is 0 Å². The third-order valence-electron chi connectivity index (χ3n) is 5.13. The van der Waals surface area contributed by atoms with Crippen LogP contribution in [0.3, 0.4) is 0 Å². The van der Waals surface area contributed by atoms with Crippen molar-refractivity contribution in [2.75, 3.05) is 10.2 Å². The number of hydrogen-bond donors (Lipinski definition) is 1. The fraction of sp³-hybridized carbons (Fsp3) is 0.391. The lowest BCUT2D eigenvalue weighted by atomic mass is 9.87. The molecule has 0 aliphatic heterocycles. The summed E-state index contributed by atoms with van der Waals surface area (Å²) < 4.78 is 0. The van der Waals surface area contributed by atoms with Crippen molar-refractivity contribution in [1.82, 2.24) is 0 Å². The van der Waals surface area contributed by atoms with Crippen LogP contribution in [0.15, 0.2) is 39.9 Å². The van der Waals surface area contributed by atoms with E-state index < -0.39 is 16.8 Å². The molecule has 2 aromatic rings. The van der Waals surface area contributed by atoms with E-state index in [2.05, 4.69) is 11.4 Å². The minimum absolute atomic E-state index is 0.0496. The van der Waals surface area contributed by atoms with Crippen LogP contribution in [-0.4, -0.2) is 11.9 Å². The van der Waals surface area contributed by atoms with Crippen LogP contribution in [0.1, 0.15) is 52.7 Å². The lowest BCUT2D eigenvalue weighted by Gasteiger charge is -2.32. The molecule has 2 aromatic carbocycles. The smallest absolute Gasteiger partial charge is 0.255 e. The van der Waals surface area contributed by atoms with Gasteiger partial charge in [0.05, 0.1) is 17.3 Å². The number of nitrogens with zero attached hydrogens (tertiary/aromatic N) is 2. The number of carbonyl (C=O) groups is 1. The SMILES string of the molecule is C/C=C/C(=O)N(c1ccc(C#N)cc1CC)c1c(N[C@H](C)C(C)(C)C)c(=O)c1=O. The van der Waals surface area contributed by atoms with Gasteiger partial charge in [-0.3, -0.25) is 19.3 Å². The number of benzene rings is 1. The summed E-state index contributed by atoms with van der Waals surface area (Å²) in [5.41, 5.74) is 0.430. The number of amides is 1. The van der Waals surface area contributed by atoms with E-state index in [0.717, 1.165) is 5.56 Å². The van der Waals surface area contributed by atoms with Gasteiger partial charge in [0.25, 0.3) is 16.8 Å². The zero-order chi connectivity index (χ0) is 21.9. The zero-order valence-electron chi connectivity index (χ0n) is 17.8. The van der Waals surface area contributed by atoms with Crippen molar-refractivity contribution in [3.05, 3.63) is 61.9 Å². The minimum Gasteiger partial charge on any atom is -0.377 e. The molecule has 1 atom stereocenters. The van der Waals surface area contributed by atoms with Gasteiger partial charge in [-0.1, -0.05) is 33.8 Å². The van der Waals surface area contributed by atoms with E-state index in [-0.39, 0.29) is 22.8 Å². The van der Waals surface area contributed by atoms with Gasteiger partial charge in [0.2, 0.25) is 0 Å². The van der Waals surface area contributed by atoms with E-state index >= 15 is 0 Å². The highest BCUT2D eigenvalue weighted by Gasteiger charge is 2.33. The molecule has 0 bridgehead atoms. The predicted octanol–water partition coefficient (Wildman–Crippen LogP) is 3.80. The first-order chi connectivity index (χ1) is 13.6. The summed E-state index contributed by atoms with van der Waals surface area (Å²) in [4.78, 5) is 39.1. The molecule has 0 aliphatic rings. The molecule has 6 nitrogen and oxygen atoms in total. The van der Waals surface area contributed by atoms with E-state index in [0.29, 0.717) is 17.7 Å². The van der Waals surface area contributed by atoms with Crippen LogP contribution in [-0.2, 0) is 11.2 Å². The van der Waals surface area contributed by atoms with Gasteiger partial charge >= 0.3 is 0 Å². The third-order valence-corrected chi connectivity index (χ3v) is 5.13. The topological polar surface area (TPSA) is 90.3 Å². The molecule has 1 amide bonds. The number of rotatable bonds is 6. The summed E-state index contributed by atoms with van der Waals surface area (Å²) in [7, 11) is 0. The van der Waals surface area contributed by atoms with Gasteiger partial charge in [-0.2, -0.15) is 5.26 Å². The van der Waals surface area contributed by atoms with Crippen molar-refractivity contribution in [3.63, 3.8) is 0 Å². The molecule has 0 radical (unpaired) electrons. The lowest BCUT2D eigenvalue weighted by molar-refractivity contribution is -0.113. The summed E-state index contributed by atoms with van der Waals surface area (Å²) in [5, 5.41) is 12.3. The average Bonchev–Trinajstić information content (AvgIpc) is 2.69. The lowest BCUT2D eigenvalue weighted by Crippen LogP contribution is -2.45. The maximum atomic E-state index is 12.9. The minimum atomic E-state index is -0.696. The second-order valence-electron chi connectivity index (χ2n) is 8.10. The molecule has 2 rings (SSSR count). The molecule has 0 spiro atoms. The molecule has 0 unspecified atom stereocenters. The molecule has 0 aliphatic carbocycles. The van der Waals surface area contributed by atoms with E-state index in [9.17, 15) is 19.6 Å². The van der Waals surface area contributed by atoms with E-state index in [1.54, 1.807) is 31.2 Å². The predicted molar refractivity (Wildman–Crippen MR) is 116 cm³/mol. The largest absolute Gasteiger partial charge is 0.377 e. The van der Waals surface area contributed by atoms with Crippen molar-refractivity contribution < 1.29 is 4.79 Å². The Bertz CT molecular complexity index is 1060. The van der Waals surface area contributed by atoms with Crippen molar-refractivity contribution >= 4 is 23.0 Å². The fourth-order valence-corrected chi connectivity index (χ4v) is 2.88. The molecule has 152 valence electrons. The molecular weight excluding hydrogens is 366 g/mol. The Kier molecular flexibility index (Phi) is 6.43. The summed E-state index contributed by atoms with van der Waals surface area (Å²) in [5.74, 6) is -0.425. The number of anilines is 3. The van der Waals surface area contributed by atoms with Gasteiger partial charge in [-0.15, -0.1) is 0 Å². The molecule has 0 heterocycles. The molecule has 0 saturated carbocycles. The monoisotopic (exact) mass is 393 g/mol. The maximum absolute atomic E-state index is 12.9. The number of aryl methyl sites for hydroxylation is 1. The van der Waals surface area contributed by atoms with Crippen LogP contribution in [0.25, 0.3) is 0 Å². The van der Waals surface area contributed by atoms with Gasteiger partial charge in [-0.05, 0) is 55.5 Å². The van der Waals surface area contributed by atoms with E-state index in [1.807, 2.05) is 34.6 Å². The summed E-state index contributed by atoms with van der Waals surface area (Å²) >= 11 is 0. The Hall–Kier alpha value is -3.20. The van der Waals surface area contributed by atoms with Crippen LogP contribution >= 0.6 is 0 Å². The van der Waals surface area contributed by atoms with Gasteiger partial charge in [0, 0.05) is 6.04 Å². The van der Waals surface area contributed by atoms with Crippen LogP contribution in [0.2, 0.25) is 0 Å². The van der Waals surface area contributed by atoms with Gasteiger partial charge < -0.3 is 5.32 Å². The highest BCUT2D eigenvalue weighted by molar-refractivity contribution is 6.10. The van der Waals surface area contributed by atoms with Crippen molar-refractivity contribution in [2.45, 2.75) is 54.0 Å². The molecular formula is C23H27N3O3. The quantitative estimate of drug-likeness (QED) is 0.595. The fourth-order valence-electron chi connectivity index (χ4n) is 2.88. The van der Waals surface area contributed by atoms with Crippen LogP contribution in [0.4, 0.5) is 17.1 Å². The second-order valence-corrected chi connectivity index (χ2v) is 8.10. The van der Waals surface area contributed by atoms with Crippen LogP contribution in [0.5, 0.6) is 0 Å². The Labute approximate surface area is 171 Å². The van der Waals surface area contributed by atoms with Crippen molar-refractivity contribution in [1.29, 1.82) is 5.26 Å². The standard InChI is InChI=1S/C23H27N3O3/c1-7-9-18(27)26(17-11-10-15(13-24)12-16(17)8-2)20-19(21(28)22(20)29)25-14(3)23(4,5)6/h7,9-12,14,25H,8H2,1-6H3/b9-7+/t14-/m1/s1. The first kappa shape index (κ1) is 22.1. The Morgan fingerprint density at radius 1 is 1.28 bits per heavy atom. The summed E-state index contributed by atoms with van der Waals surface area (Å²) in [6, 6.07) is 6.92. The Balaban J connectivity index is 2.68. The average molecular weight is 393 g/mol. The molecule has 0 fully saturated rings. The number of allylic oxidation sites excluding steroid dienone is 1. The molecule has 0 saturated heterocycles. The molecule has 0 aromatic heterocycles. The van der Waals surface area contributed by atoms with Gasteiger partial charge in [0.1, 0.15) is 11.4 Å². The van der Waals surface area contributed by atoms with Gasteiger partial charge in [0.15, 0.2) is 0 Å². The maximum Gasteiger partial charge on any atom is 0.255 e. The Morgan fingerprint density at radius 2 is 1.93 bits per heavy atom. The van der Waals surface area contributed by atoms with E-state index in [1.165, 1.54) is 11.0 Å². The second kappa shape index (κ2) is 8.44. The molecule has 29 heavy (non-hydrogen) atoms.